The van der Waals surface area contributed by atoms with E-state index in [1.807, 2.05) is 54.6 Å². The van der Waals surface area contributed by atoms with Crippen molar-refractivity contribution >= 4 is 44.3 Å². The molecular formula is C28H27N5O2. The number of nitrogens with one attached hydrogen (secondary N) is 2. The fourth-order valence-corrected chi connectivity index (χ4v) is 5.22. The third-order valence-corrected chi connectivity index (χ3v) is 7.20. The molecule has 1 aliphatic rings. The summed E-state index contributed by atoms with van der Waals surface area (Å²) in [5.41, 5.74) is 3.79. The highest BCUT2D eigenvalue weighted by Gasteiger charge is 2.21. The molecular weight excluding hydrogens is 438 g/mol. The van der Waals surface area contributed by atoms with Gasteiger partial charge in [-0.2, -0.15) is 0 Å². The first-order valence-electron chi connectivity index (χ1n) is 12.0. The summed E-state index contributed by atoms with van der Waals surface area (Å²) in [4.78, 5) is 36.4. The van der Waals surface area contributed by atoms with Crippen molar-refractivity contribution in [3.8, 4) is 0 Å². The molecule has 176 valence electrons. The summed E-state index contributed by atoms with van der Waals surface area (Å²) >= 11 is 0. The van der Waals surface area contributed by atoms with Crippen LogP contribution in [0.25, 0.3) is 32.7 Å². The van der Waals surface area contributed by atoms with Crippen LogP contribution >= 0.6 is 0 Å². The Bertz CT molecular complexity index is 1670. The smallest absolute Gasteiger partial charge is 0.258 e. The summed E-state index contributed by atoms with van der Waals surface area (Å²) in [6.45, 7) is 4.18. The van der Waals surface area contributed by atoms with Gasteiger partial charge in [0.25, 0.3) is 11.5 Å². The van der Waals surface area contributed by atoms with E-state index in [4.69, 9.17) is 4.98 Å². The van der Waals surface area contributed by atoms with Crippen LogP contribution in [0.1, 0.15) is 35.9 Å². The molecule has 2 aromatic heterocycles. The van der Waals surface area contributed by atoms with Gasteiger partial charge in [0.05, 0.1) is 23.1 Å². The second kappa shape index (κ2) is 8.36. The van der Waals surface area contributed by atoms with Gasteiger partial charge in [0.15, 0.2) is 0 Å². The van der Waals surface area contributed by atoms with Gasteiger partial charge in [0.2, 0.25) is 0 Å². The predicted molar refractivity (Wildman–Crippen MR) is 140 cm³/mol. The molecule has 0 bridgehead atoms. The fourth-order valence-electron chi connectivity index (χ4n) is 5.22. The summed E-state index contributed by atoms with van der Waals surface area (Å²) in [6.07, 6.45) is 2.47. The lowest BCUT2D eigenvalue weighted by Crippen LogP contribution is -2.26. The maximum absolute atomic E-state index is 13.1. The van der Waals surface area contributed by atoms with Crippen LogP contribution in [0.2, 0.25) is 0 Å². The van der Waals surface area contributed by atoms with Gasteiger partial charge in [-0.25, -0.2) is 4.98 Å². The van der Waals surface area contributed by atoms with Gasteiger partial charge in [-0.15, -0.1) is 0 Å². The van der Waals surface area contributed by atoms with E-state index in [0.29, 0.717) is 22.7 Å². The first-order valence-corrected chi connectivity index (χ1v) is 12.0. The number of nitrogens with zero attached hydrogens (tertiary/aromatic N) is 3. The molecule has 0 unspecified atom stereocenters. The van der Waals surface area contributed by atoms with E-state index in [9.17, 15) is 9.59 Å². The second-order valence-electron chi connectivity index (χ2n) is 9.47. The number of hydrogen-bond acceptors (Lipinski definition) is 4. The van der Waals surface area contributed by atoms with Crippen molar-refractivity contribution in [2.45, 2.75) is 32.4 Å². The van der Waals surface area contributed by atoms with E-state index in [-0.39, 0.29) is 11.5 Å². The number of hydrogen-bond donors (Lipinski definition) is 2. The lowest BCUT2D eigenvalue weighted by Gasteiger charge is -2.19. The molecule has 3 aromatic carbocycles. The van der Waals surface area contributed by atoms with E-state index in [2.05, 4.69) is 22.1 Å². The van der Waals surface area contributed by atoms with Crippen molar-refractivity contribution < 1.29 is 4.79 Å². The molecule has 1 aliphatic heterocycles. The minimum absolute atomic E-state index is 0.0447. The number of pyridine rings is 1. The quantitative estimate of drug-likeness (QED) is 0.373. The second-order valence-corrected chi connectivity index (χ2v) is 9.47. The Morgan fingerprint density at radius 2 is 1.91 bits per heavy atom. The van der Waals surface area contributed by atoms with Gasteiger partial charge in [0.1, 0.15) is 5.82 Å². The zero-order valence-electron chi connectivity index (χ0n) is 19.8. The number of aromatic amines is 1. The summed E-state index contributed by atoms with van der Waals surface area (Å²) in [5, 5.41) is 5.38. The van der Waals surface area contributed by atoms with E-state index >= 15 is 0 Å². The highest BCUT2D eigenvalue weighted by Crippen LogP contribution is 2.25. The zero-order valence-corrected chi connectivity index (χ0v) is 19.8. The number of likely N-dealkylation sites (tertiary alicyclic amines) is 1. The van der Waals surface area contributed by atoms with E-state index in [0.717, 1.165) is 46.2 Å². The highest BCUT2D eigenvalue weighted by molar-refractivity contribution is 6.11. The number of aryl methyl sites for hydroxylation is 1. The number of carbonyl (C=O) groups is 1. The molecule has 0 radical (unpaired) electrons. The number of aromatic nitrogens is 3. The van der Waals surface area contributed by atoms with Gasteiger partial charge in [0, 0.05) is 35.1 Å². The Morgan fingerprint density at radius 3 is 2.71 bits per heavy atom. The van der Waals surface area contributed by atoms with Crippen LogP contribution in [0.5, 0.6) is 0 Å². The Labute approximate surface area is 202 Å². The van der Waals surface area contributed by atoms with Gasteiger partial charge in [-0.05, 0) is 74.2 Å². The van der Waals surface area contributed by atoms with Gasteiger partial charge >= 0.3 is 0 Å². The average molecular weight is 466 g/mol. The minimum Gasteiger partial charge on any atom is -0.341 e. The normalized spacial score (nSPS) is 16.5. The Hall–Kier alpha value is -3.97. The summed E-state index contributed by atoms with van der Waals surface area (Å²) in [6, 6.07) is 19.3. The molecule has 3 heterocycles. The standard InChI is InChI=1S/C28H27N5O2/c1-17-6-5-13-33(17)16-26-30-23-11-10-19(15-24(23)31-26)29-27(34)18-9-12-25-22(14-18)20-7-3-4-8-21(20)28(35)32(25)2/h3-4,7-12,14-15,17H,5-6,13,16H2,1-2H3,(H,29,34)(H,30,31)/t17-/m0/s1. The first kappa shape index (κ1) is 21.6. The number of H-pyrrole nitrogens is 1. The number of carbonyl (C=O) groups excluding carboxylic acids is 1. The molecule has 2 N–H and O–H groups in total. The maximum Gasteiger partial charge on any atom is 0.258 e. The van der Waals surface area contributed by atoms with E-state index < -0.39 is 0 Å². The number of fused-ring (bicyclic) bond motifs is 4. The van der Waals surface area contributed by atoms with E-state index in [1.54, 1.807) is 17.7 Å². The zero-order chi connectivity index (χ0) is 24.1. The van der Waals surface area contributed by atoms with Crippen molar-refractivity contribution in [2.24, 2.45) is 7.05 Å². The maximum atomic E-state index is 13.1. The topological polar surface area (TPSA) is 83.0 Å². The molecule has 0 spiro atoms. The molecule has 0 saturated carbocycles. The van der Waals surface area contributed by atoms with Crippen molar-refractivity contribution in [3.63, 3.8) is 0 Å². The summed E-state index contributed by atoms with van der Waals surface area (Å²) in [7, 11) is 1.76. The molecule has 7 heteroatoms. The van der Waals surface area contributed by atoms with Crippen LogP contribution in [0.3, 0.4) is 0 Å². The third kappa shape index (κ3) is 3.78. The molecule has 5 aromatic rings. The van der Waals surface area contributed by atoms with E-state index in [1.165, 1.54) is 12.8 Å². The molecule has 1 amide bonds. The lowest BCUT2D eigenvalue weighted by atomic mass is 10.0. The molecule has 1 atom stereocenters. The monoisotopic (exact) mass is 465 g/mol. The Balaban J connectivity index is 1.29. The van der Waals surface area contributed by atoms with Crippen LogP contribution in [-0.4, -0.2) is 37.9 Å². The van der Waals surface area contributed by atoms with Crippen LogP contribution in [0.15, 0.2) is 65.5 Å². The summed E-state index contributed by atoms with van der Waals surface area (Å²) in [5.74, 6) is 0.749. The molecule has 1 fully saturated rings. The summed E-state index contributed by atoms with van der Waals surface area (Å²) < 4.78 is 1.63. The first-order chi connectivity index (χ1) is 17.0. The fraction of sp³-hybridized carbons (Fsp3) is 0.250. The average Bonchev–Trinajstić information content (AvgIpc) is 3.47. The SMILES string of the molecule is C[C@H]1CCCN1Cc1nc2ccc(NC(=O)c3ccc4c(c3)c3ccccc3c(=O)n4C)cc2[nH]1. The van der Waals surface area contributed by atoms with Crippen LogP contribution < -0.4 is 10.9 Å². The Morgan fingerprint density at radius 1 is 1.09 bits per heavy atom. The van der Waals surface area contributed by atoms with Crippen molar-refractivity contribution in [3.05, 3.63) is 82.4 Å². The Kier molecular flexibility index (Phi) is 5.15. The van der Waals surface area contributed by atoms with Crippen molar-refractivity contribution in [2.75, 3.05) is 11.9 Å². The molecule has 6 rings (SSSR count). The van der Waals surface area contributed by atoms with Gasteiger partial charge in [-0.3, -0.25) is 14.5 Å². The number of amides is 1. The minimum atomic E-state index is -0.199. The van der Waals surface area contributed by atoms with Crippen molar-refractivity contribution in [1.29, 1.82) is 0 Å². The largest absolute Gasteiger partial charge is 0.341 e. The molecule has 35 heavy (non-hydrogen) atoms. The molecule has 0 aliphatic carbocycles. The third-order valence-electron chi connectivity index (χ3n) is 7.20. The number of imidazole rings is 1. The van der Waals surface area contributed by atoms with Crippen LogP contribution in [0, 0.1) is 0 Å². The number of anilines is 1. The van der Waals surface area contributed by atoms with Crippen LogP contribution in [0.4, 0.5) is 5.69 Å². The number of rotatable bonds is 4. The highest BCUT2D eigenvalue weighted by atomic mass is 16.1. The van der Waals surface area contributed by atoms with Gasteiger partial charge in [-0.1, -0.05) is 18.2 Å². The molecule has 7 nitrogen and oxygen atoms in total. The molecule has 1 saturated heterocycles. The van der Waals surface area contributed by atoms with Crippen molar-refractivity contribution in [1.82, 2.24) is 19.4 Å². The number of benzene rings is 3. The van der Waals surface area contributed by atoms with Crippen LogP contribution in [-0.2, 0) is 13.6 Å². The predicted octanol–water partition coefficient (Wildman–Crippen LogP) is 4.80. The van der Waals surface area contributed by atoms with Gasteiger partial charge < -0.3 is 14.9 Å². The lowest BCUT2D eigenvalue weighted by molar-refractivity contribution is 0.102.